The minimum atomic E-state index is -1.06. The van der Waals surface area contributed by atoms with Gasteiger partial charge in [0, 0.05) is 0 Å². The van der Waals surface area contributed by atoms with E-state index in [0.717, 1.165) is 16.3 Å². The fourth-order valence-corrected chi connectivity index (χ4v) is 3.12. The first-order valence-electron chi connectivity index (χ1n) is 8.17. The Morgan fingerprint density at radius 2 is 1.83 bits per heavy atom. The first-order valence-corrected chi connectivity index (χ1v) is 8.17. The number of carbonyl (C=O) groups is 2. The van der Waals surface area contributed by atoms with Crippen LogP contribution in [0, 0.1) is 0 Å². The molecule has 2 aromatic rings. The third-order valence-electron chi connectivity index (χ3n) is 4.37. The number of hydrogen-bond donors (Lipinski definition) is 1. The van der Waals surface area contributed by atoms with E-state index in [1.807, 2.05) is 56.3 Å². The molecular formula is C19H22N2O3. The largest absolute Gasteiger partial charge is 0.377 e. The lowest BCUT2D eigenvalue weighted by Gasteiger charge is -2.24. The number of imide groups is 1. The van der Waals surface area contributed by atoms with Crippen molar-refractivity contribution in [2.45, 2.75) is 32.4 Å². The van der Waals surface area contributed by atoms with E-state index in [-0.39, 0.29) is 24.6 Å². The van der Waals surface area contributed by atoms with Gasteiger partial charge in [0.25, 0.3) is 5.91 Å². The molecule has 1 saturated heterocycles. The Kier molecular flexibility index (Phi) is 4.28. The predicted octanol–water partition coefficient (Wildman–Crippen LogP) is 3.03. The molecule has 5 nitrogen and oxygen atoms in total. The fraction of sp³-hybridized carbons (Fsp3) is 0.368. The number of rotatable bonds is 5. The van der Waals surface area contributed by atoms with Gasteiger partial charge in [-0.05, 0) is 37.1 Å². The van der Waals surface area contributed by atoms with Crippen molar-refractivity contribution in [2.75, 3.05) is 13.2 Å². The van der Waals surface area contributed by atoms with Crippen LogP contribution >= 0.6 is 0 Å². The van der Waals surface area contributed by atoms with Crippen LogP contribution in [-0.4, -0.2) is 36.1 Å². The lowest BCUT2D eigenvalue weighted by molar-refractivity contribution is -0.131. The topological polar surface area (TPSA) is 58.6 Å². The van der Waals surface area contributed by atoms with Crippen molar-refractivity contribution in [2.24, 2.45) is 0 Å². The molecule has 0 spiro atoms. The number of ether oxygens (including phenoxy) is 1. The van der Waals surface area contributed by atoms with E-state index >= 15 is 0 Å². The summed E-state index contributed by atoms with van der Waals surface area (Å²) in [5.41, 5.74) is -0.248. The van der Waals surface area contributed by atoms with Gasteiger partial charge in [0.15, 0.2) is 0 Å². The number of benzene rings is 2. The van der Waals surface area contributed by atoms with E-state index in [1.54, 1.807) is 6.92 Å². The second-order valence-electron chi connectivity index (χ2n) is 6.46. The Morgan fingerprint density at radius 1 is 1.12 bits per heavy atom. The number of fused-ring (bicyclic) bond motifs is 1. The molecule has 1 aliphatic heterocycles. The van der Waals surface area contributed by atoms with E-state index in [2.05, 4.69) is 5.32 Å². The molecule has 1 aliphatic rings. The predicted molar refractivity (Wildman–Crippen MR) is 92.6 cm³/mol. The molecule has 0 aromatic heterocycles. The van der Waals surface area contributed by atoms with Crippen LogP contribution in [0.3, 0.4) is 0 Å². The molecular weight excluding hydrogens is 304 g/mol. The van der Waals surface area contributed by atoms with Gasteiger partial charge in [0.2, 0.25) is 0 Å². The number of nitrogens with one attached hydrogen (secondary N) is 1. The highest BCUT2D eigenvalue weighted by Crippen LogP contribution is 2.33. The third kappa shape index (κ3) is 2.76. The smallest absolute Gasteiger partial charge is 0.325 e. The zero-order chi connectivity index (χ0) is 17.3. The first-order chi connectivity index (χ1) is 11.4. The van der Waals surface area contributed by atoms with Crippen LogP contribution in [0.4, 0.5) is 4.79 Å². The molecule has 3 rings (SSSR count). The molecule has 3 amide bonds. The molecule has 24 heavy (non-hydrogen) atoms. The van der Waals surface area contributed by atoms with Crippen LogP contribution < -0.4 is 5.32 Å². The van der Waals surface area contributed by atoms with Gasteiger partial charge < -0.3 is 10.1 Å². The van der Waals surface area contributed by atoms with E-state index < -0.39 is 5.54 Å². The minimum absolute atomic E-state index is 0.0650. The SMILES string of the molecule is CC(C)OCCN1C(=O)N[C@](C)(c2cccc3ccccc23)C1=O. The van der Waals surface area contributed by atoms with Crippen molar-refractivity contribution in [3.05, 3.63) is 48.0 Å². The summed E-state index contributed by atoms with van der Waals surface area (Å²) in [5.74, 6) is -0.240. The van der Waals surface area contributed by atoms with E-state index in [1.165, 1.54) is 4.90 Å². The van der Waals surface area contributed by atoms with Gasteiger partial charge in [-0.25, -0.2) is 4.79 Å². The molecule has 1 atom stereocenters. The third-order valence-corrected chi connectivity index (χ3v) is 4.37. The molecule has 0 radical (unpaired) electrons. The molecule has 5 heteroatoms. The van der Waals surface area contributed by atoms with Crippen molar-refractivity contribution >= 4 is 22.7 Å². The average Bonchev–Trinajstić information content (AvgIpc) is 2.78. The summed E-state index contributed by atoms with van der Waals surface area (Å²) in [6.07, 6.45) is 0.0650. The van der Waals surface area contributed by atoms with Crippen LogP contribution in [0.15, 0.2) is 42.5 Å². The normalized spacial score (nSPS) is 20.9. The maximum atomic E-state index is 12.9. The summed E-state index contributed by atoms with van der Waals surface area (Å²) in [6.45, 7) is 6.20. The Hall–Kier alpha value is -2.40. The molecule has 2 aromatic carbocycles. The van der Waals surface area contributed by atoms with Gasteiger partial charge in [-0.2, -0.15) is 0 Å². The number of hydrogen-bond acceptors (Lipinski definition) is 3. The number of nitrogens with zero attached hydrogens (tertiary/aromatic N) is 1. The maximum absolute atomic E-state index is 12.9. The second kappa shape index (κ2) is 6.24. The number of carbonyl (C=O) groups excluding carboxylic acids is 2. The summed E-state index contributed by atoms with van der Waals surface area (Å²) in [5, 5.41) is 4.87. The quantitative estimate of drug-likeness (QED) is 0.859. The molecule has 1 fully saturated rings. The average molecular weight is 326 g/mol. The van der Waals surface area contributed by atoms with E-state index in [0.29, 0.717) is 6.61 Å². The minimum Gasteiger partial charge on any atom is -0.377 e. The van der Waals surface area contributed by atoms with E-state index in [4.69, 9.17) is 4.74 Å². The Bertz CT molecular complexity index is 782. The summed E-state index contributed by atoms with van der Waals surface area (Å²) >= 11 is 0. The highest BCUT2D eigenvalue weighted by atomic mass is 16.5. The van der Waals surface area contributed by atoms with Crippen LogP contribution in [-0.2, 0) is 15.1 Å². The molecule has 0 unspecified atom stereocenters. The monoisotopic (exact) mass is 326 g/mol. The Labute approximate surface area is 141 Å². The van der Waals surface area contributed by atoms with Crippen LogP contribution in [0.5, 0.6) is 0 Å². The molecule has 1 N–H and O–H groups in total. The zero-order valence-electron chi connectivity index (χ0n) is 14.2. The number of urea groups is 1. The summed E-state index contributed by atoms with van der Waals surface area (Å²) in [7, 11) is 0. The van der Waals surface area contributed by atoms with Crippen LogP contribution in [0.2, 0.25) is 0 Å². The van der Waals surface area contributed by atoms with Crippen molar-refractivity contribution in [3.8, 4) is 0 Å². The van der Waals surface area contributed by atoms with Crippen molar-refractivity contribution in [1.82, 2.24) is 10.2 Å². The van der Waals surface area contributed by atoms with Gasteiger partial charge in [0.05, 0.1) is 19.3 Å². The van der Waals surface area contributed by atoms with Gasteiger partial charge in [0.1, 0.15) is 5.54 Å². The van der Waals surface area contributed by atoms with E-state index in [9.17, 15) is 9.59 Å². The lowest BCUT2D eigenvalue weighted by Crippen LogP contribution is -2.41. The van der Waals surface area contributed by atoms with Crippen molar-refractivity contribution < 1.29 is 14.3 Å². The summed E-state index contributed by atoms with van der Waals surface area (Å²) in [4.78, 5) is 26.5. The second-order valence-corrected chi connectivity index (χ2v) is 6.46. The highest BCUT2D eigenvalue weighted by molar-refractivity contribution is 6.09. The lowest BCUT2D eigenvalue weighted by atomic mass is 9.88. The Morgan fingerprint density at radius 3 is 2.58 bits per heavy atom. The highest BCUT2D eigenvalue weighted by Gasteiger charge is 2.49. The van der Waals surface area contributed by atoms with Crippen LogP contribution in [0.1, 0.15) is 26.3 Å². The maximum Gasteiger partial charge on any atom is 0.325 e. The summed E-state index contributed by atoms with van der Waals surface area (Å²) < 4.78 is 5.47. The van der Waals surface area contributed by atoms with Gasteiger partial charge in [-0.1, -0.05) is 42.5 Å². The molecule has 126 valence electrons. The molecule has 0 aliphatic carbocycles. The van der Waals surface area contributed by atoms with Crippen molar-refractivity contribution in [3.63, 3.8) is 0 Å². The molecule has 0 saturated carbocycles. The van der Waals surface area contributed by atoms with Crippen molar-refractivity contribution in [1.29, 1.82) is 0 Å². The van der Waals surface area contributed by atoms with Gasteiger partial charge in [-0.3, -0.25) is 9.69 Å². The van der Waals surface area contributed by atoms with Crippen LogP contribution in [0.25, 0.3) is 10.8 Å². The summed E-state index contributed by atoms with van der Waals surface area (Å²) in [6, 6.07) is 13.3. The Balaban J connectivity index is 1.92. The molecule has 0 bridgehead atoms. The first kappa shape index (κ1) is 16.5. The van der Waals surface area contributed by atoms with Gasteiger partial charge >= 0.3 is 6.03 Å². The standard InChI is InChI=1S/C19H22N2O3/c1-13(2)24-12-11-21-17(22)19(3,20-18(21)23)16-10-6-8-14-7-4-5-9-15(14)16/h4-10,13H,11-12H2,1-3H3,(H,20,23)/t19-/m1/s1. The number of amides is 3. The molecule has 1 heterocycles. The van der Waals surface area contributed by atoms with Gasteiger partial charge in [-0.15, -0.1) is 0 Å². The zero-order valence-corrected chi connectivity index (χ0v) is 14.2. The fourth-order valence-electron chi connectivity index (χ4n) is 3.12.